The molecule has 0 fully saturated rings. The van der Waals surface area contributed by atoms with Gasteiger partial charge in [0.15, 0.2) is 0 Å². The normalized spacial score (nSPS) is 10.0. The fourth-order valence-corrected chi connectivity index (χ4v) is 1.58. The van der Waals surface area contributed by atoms with Crippen molar-refractivity contribution in [3.8, 4) is 0 Å². The van der Waals surface area contributed by atoms with Crippen LogP contribution in [0.25, 0.3) is 0 Å². The minimum absolute atomic E-state index is 0.192. The monoisotopic (exact) mass is 240 g/mol. The van der Waals surface area contributed by atoms with E-state index in [4.69, 9.17) is 0 Å². The number of hydrogen-bond donors (Lipinski definition) is 2. The molecule has 0 heterocycles. The molecule has 0 unspecified atom stereocenters. The van der Waals surface area contributed by atoms with Gasteiger partial charge in [0, 0.05) is 25.2 Å². The molecule has 0 aliphatic heterocycles. The molecule has 0 bridgehead atoms. The molecule has 2 N–H and O–H groups in total. The van der Waals surface area contributed by atoms with E-state index in [1.54, 1.807) is 0 Å². The van der Waals surface area contributed by atoms with E-state index in [1.165, 1.54) is 19.3 Å². The van der Waals surface area contributed by atoms with Gasteiger partial charge in [-0.2, -0.15) is 0 Å². The first kappa shape index (κ1) is 16.0. The molecule has 0 aliphatic carbocycles. The van der Waals surface area contributed by atoms with Crippen LogP contribution in [0.5, 0.6) is 0 Å². The van der Waals surface area contributed by atoms with Gasteiger partial charge in [-0.1, -0.05) is 32.8 Å². The summed E-state index contributed by atoms with van der Waals surface area (Å²) in [7, 11) is 0. The highest BCUT2D eigenvalue weighted by Gasteiger charge is 1.99. The lowest BCUT2D eigenvalue weighted by atomic mass is 10.2. The second kappa shape index (κ2) is 11.5. The van der Waals surface area contributed by atoms with Gasteiger partial charge in [-0.15, -0.1) is 0 Å². The lowest BCUT2D eigenvalue weighted by Crippen LogP contribution is -2.24. The van der Waals surface area contributed by atoms with E-state index >= 15 is 0 Å². The molecule has 0 spiro atoms. The average molecular weight is 240 g/mol. The Balaban J connectivity index is 3.20. The highest BCUT2D eigenvalue weighted by Crippen LogP contribution is 1.98. The first-order valence-corrected chi connectivity index (χ1v) is 6.83. The molecular formula is C14H28N2O. The van der Waals surface area contributed by atoms with E-state index in [0.29, 0.717) is 6.42 Å². The number of unbranched alkanes of at least 4 members (excludes halogenated alkanes) is 4. The molecule has 0 aromatic rings. The second-order valence-electron chi connectivity index (χ2n) is 4.57. The van der Waals surface area contributed by atoms with E-state index in [0.717, 1.165) is 38.0 Å². The summed E-state index contributed by atoms with van der Waals surface area (Å²) in [5.41, 5.74) is 0.991. The summed E-state index contributed by atoms with van der Waals surface area (Å²) >= 11 is 0. The van der Waals surface area contributed by atoms with Crippen molar-refractivity contribution in [3.05, 3.63) is 12.3 Å². The van der Waals surface area contributed by atoms with Gasteiger partial charge in [-0.05, 0) is 26.2 Å². The van der Waals surface area contributed by atoms with E-state index in [1.807, 2.05) is 6.92 Å². The van der Waals surface area contributed by atoms with Gasteiger partial charge in [0.2, 0.25) is 5.91 Å². The molecule has 17 heavy (non-hydrogen) atoms. The molecule has 3 nitrogen and oxygen atoms in total. The third-order valence-electron chi connectivity index (χ3n) is 2.61. The lowest BCUT2D eigenvalue weighted by Gasteiger charge is -2.06. The van der Waals surface area contributed by atoms with Crippen LogP contribution in [0.4, 0.5) is 0 Å². The zero-order valence-electron chi connectivity index (χ0n) is 11.5. The van der Waals surface area contributed by atoms with Crippen LogP contribution < -0.4 is 10.6 Å². The fourth-order valence-electron chi connectivity index (χ4n) is 1.58. The molecule has 0 atom stereocenters. The van der Waals surface area contributed by atoms with Crippen molar-refractivity contribution in [2.75, 3.05) is 13.1 Å². The van der Waals surface area contributed by atoms with Crippen LogP contribution in [-0.2, 0) is 4.79 Å². The zero-order valence-corrected chi connectivity index (χ0v) is 11.5. The Kier molecular flexibility index (Phi) is 10.8. The maximum absolute atomic E-state index is 11.4. The minimum atomic E-state index is 0.192. The van der Waals surface area contributed by atoms with Crippen molar-refractivity contribution in [2.24, 2.45) is 0 Å². The van der Waals surface area contributed by atoms with E-state index in [-0.39, 0.29) is 5.91 Å². The van der Waals surface area contributed by atoms with Crippen molar-refractivity contribution >= 4 is 5.91 Å². The summed E-state index contributed by atoms with van der Waals surface area (Å²) in [6.07, 6.45) is 7.45. The predicted octanol–water partition coefficient (Wildman–Crippen LogP) is 2.98. The topological polar surface area (TPSA) is 41.1 Å². The Morgan fingerprint density at radius 1 is 1.00 bits per heavy atom. The van der Waals surface area contributed by atoms with Crippen molar-refractivity contribution in [1.82, 2.24) is 10.6 Å². The van der Waals surface area contributed by atoms with Gasteiger partial charge >= 0.3 is 0 Å². The first-order chi connectivity index (χ1) is 8.16. The Hall–Kier alpha value is -0.990. The minimum Gasteiger partial charge on any atom is -0.389 e. The molecule has 0 aliphatic rings. The Morgan fingerprint density at radius 3 is 2.29 bits per heavy atom. The highest BCUT2D eigenvalue weighted by atomic mass is 16.1. The number of hydrogen-bond acceptors (Lipinski definition) is 2. The van der Waals surface area contributed by atoms with Crippen LogP contribution in [0, 0.1) is 0 Å². The molecule has 0 rings (SSSR count). The lowest BCUT2D eigenvalue weighted by molar-refractivity contribution is -0.121. The van der Waals surface area contributed by atoms with Gasteiger partial charge < -0.3 is 10.6 Å². The van der Waals surface area contributed by atoms with E-state index < -0.39 is 0 Å². The number of carbonyl (C=O) groups is 1. The van der Waals surface area contributed by atoms with Crippen molar-refractivity contribution < 1.29 is 4.79 Å². The number of amides is 1. The summed E-state index contributed by atoms with van der Waals surface area (Å²) in [6.45, 7) is 9.65. The fraction of sp³-hybridized carbons (Fsp3) is 0.786. The highest BCUT2D eigenvalue weighted by molar-refractivity contribution is 5.75. The number of rotatable bonds is 11. The molecule has 0 radical (unpaired) electrons. The third kappa shape index (κ3) is 12.9. The third-order valence-corrected chi connectivity index (χ3v) is 2.61. The molecule has 0 saturated heterocycles. The van der Waals surface area contributed by atoms with Gasteiger partial charge in [-0.3, -0.25) is 4.79 Å². The van der Waals surface area contributed by atoms with Crippen molar-refractivity contribution in [1.29, 1.82) is 0 Å². The summed E-state index contributed by atoms with van der Waals surface area (Å²) in [5.74, 6) is 0.192. The number of allylic oxidation sites excluding steroid dienone is 1. The van der Waals surface area contributed by atoms with Gasteiger partial charge in [0.05, 0.1) is 0 Å². The van der Waals surface area contributed by atoms with E-state index in [9.17, 15) is 4.79 Å². The molecule has 0 aromatic heterocycles. The number of nitrogens with one attached hydrogen (secondary N) is 2. The first-order valence-electron chi connectivity index (χ1n) is 6.83. The van der Waals surface area contributed by atoms with Crippen LogP contribution in [-0.4, -0.2) is 19.0 Å². The predicted molar refractivity (Wildman–Crippen MR) is 73.8 cm³/mol. The SMILES string of the molecule is C=C(C)NCCCCC(=O)NCCCCCC. The molecular weight excluding hydrogens is 212 g/mol. The van der Waals surface area contributed by atoms with Crippen molar-refractivity contribution in [2.45, 2.75) is 58.8 Å². The molecule has 0 aromatic carbocycles. The Bertz CT molecular complexity index is 214. The standard InChI is InChI=1S/C14H28N2O/c1-4-5-6-8-12-16-14(17)10-7-9-11-15-13(2)3/h15H,2,4-12H2,1,3H3,(H,16,17). The maximum Gasteiger partial charge on any atom is 0.219 e. The summed E-state index contributed by atoms with van der Waals surface area (Å²) in [6, 6.07) is 0. The summed E-state index contributed by atoms with van der Waals surface area (Å²) < 4.78 is 0. The van der Waals surface area contributed by atoms with Crippen molar-refractivity contribution in [3.63, 3.8) is 0 Å². The van der Waals surface area contributed by atoms with Crippen LogP contribution in [0.2, 0.25) is 0 Å². The van der Waals surface area contributed by atoms with Crippen LogP contribution in [0.15, 0.2) is 12.3 Å². The summed E-state index contributed by atoms with van der Waals surface area (Å²) in [5, 5.41) is 6.12. The van der Waals surface area contributed by atoms with Gasteiger partial charge in [0.1, 0.15) is 0 Å². The van der Waals surface area contributed by atoms with Gasteiger partial charge in [-0.25, -0.2) is 0 Å². The summed E-state index contributed by atoms with van der Waals surface area (Å²) in [4.78, 5) is 11.4. The number of carbonyl (C=O) groups excluding carboxylic acids is 1. The molecule has 3 heteroatoms. The molecule has 1 amide bonds. The molecule has 100 valence electrons. The molecule has 0 saturated carbocycles. The van der Waals surface area contributed by atoms with E-state index in [2.05, 4.69) is 24.1 Å². The van der Waals surface area contributed by atoms with Crippen LogP contribution in [0.1, 0.15) is 58.8 Å². The maximum atomic E-state index is 11.4. The Labute approximate surface area is 106 Å². The zero-order chi connectivity index (χ0) is 12.9. The average Bonchev–Trinajstić information content (AvgIpc) is 2.28. The second-order valence-corrected chi connectivity index (χ2v) is 4.57. The van der Waals surface area contributed by atoms with Gasteiger partial charge in [0.25, 0.3) is 0 Å². The smallest absolute Gasteiger partial charge is 0.219 e. The van der Waals surface area contributed by atoms with Crippen LogP contribution >= 0.6 is 0 Å². The largest absolute Gasteiger partial charge is 0.389 e. The van der Waals surface area contributed by atoms with Crippen LogP contribution in [0.3, 0.4) is 0 Å². The quantitative estimate of drug-likeness (QED) is 0.545. The Morgan fingerprint density at radius 2 is 1.65 bits per heavy atom.